The van der Waals surface area contributed by atoms with E-state index in [1.165, 1.54) is 0 Å². The molecule has 1 aliphatic heterocycles. The van der Waals surface area contributed by atoms with Crippen molar-refractivity contribution in [1.82, 2.24) is 20.2 Å². The first-order valence-electron chi connectivity index (χ1n) is 8.68. The first-order chi connectivity index (χ1) is 12.8. The molecule has 0 aliphatic carbocycles. The number of carbonyl (C=O) groups excluding carboxylic acids is 1. The Balaban J connectivity index is 1.37. The molecular weight excluding hydrogens is 348 g/mol. The van der Waals surface area contributed by atoms with E-state index in [0.717, 1.165) is 49.3 Å². The topological polar surface area (TPSA) is 73.4 Å². The Morgan fingerprint density at radius 2 is 1.85 bits per heavy atom. The zero-order chi connectivity index (χ0) is 18.2. The number of urea groups is 1. The van der Waals surface area contributed by atoms with Crippen molar-refractivity contribution >= 4 is 29.4 Å². The molecule has 2 amide bonds. The zero-order valence-corrected chi connectivity index (χ0v) is 15.7. The molecule has 1 fully saturated rings. The average Bonchev–Trinajstić information content (AvgIpc) is 2.69. The Labute approximate surface area is 158 Å². The Morgan fingerprint density at radius 1 is 1.12 bits per heavy atom. The third kappa shape index (κ3) is 5.09. The molecule has 0 radical (unpaired) electrons. The monoisotopic (exact) mass is 372 g/mol. The SMILES string of the molecule is CSc1ccccc1NC(=O)NCCN1CCN(c2ncccn2)CC1. The summed E-state index contributed by atoms with van der Waals surface area (Å²) >= 11 is 1.62. The number of hydrogen-bond donors (Lipinski definition) is 2. The number of rotatable bonds is 6. The van der Waals surface area contributed by atoms with Crippen LogP contribution in [0.2, 0.25) is 0 Å². The predicted molar refractivity (Wildman–Crippen MR) is 106 cm³/mol. The second-order valence-electron chi connectivity index (χ2n) is 5.96. The highest BCUT2D eigenvalue weighted by molar-refractivity contribution is 7.98. The van der Waals surface area contributed by atoms with Gasteiger partial charge in [0.15, 0.2) is 0 Å². The van der Waals surface area contributed by atoms with Gasteiger partial charge in [-0.3, -0.25) is 4.90 Å². The predicted octanol–water partition coefficient (Wildman–Crippen LogP) is 2.14. The zero-order valence-electron chi connectivity index (χ0n) is 14.9. The first-order valence-corrected chi connectivity index (χ1v) is 9.91. The number of anilines is 2. The van der Waals surface area contributed by atoms with Crippen LogP contribution in [0.1, 0.15) is 0 Å². The van der Waals surface area contributed by atoms with Crippen LogP contribution >= 0.6 is 11.8 Å². The molecule has 3 rings (SSSR count). The minimum absolute atomic E-state index is 0.164. The lowest BCUT2D eigenvalue weighted by molar-refractivity contribution is 0.240. The fourth-order valence-electron chi connectivity index (χ4n) is 2.87. The maximum absolute atomic E-state index is 12.1. The summed E-state index contributed by atoms with van der Waals surface area (Å²) in [5.74, 6) is 0.789. The molecule has 8 heteroatoms. The number of benzene rings is 1. The number of nitrogens with one attached hydrogen (secondary N) is 2. The molecule has 138 valence electrons. The van der Waals surface area contributed by atoms with Gasteiger partial charge in [0.1, 0.15) is 0 Å². The van der Waals surface area contributed by atoms with E-state index in [4.69, 9.17) is 0 Å². The molecule has 0 spiro atoms. The molecule has 7 nitrogen and oxygen atoms in total. The van der Waals surface area contributed by atoms with Gasteiger partial charge in [-0.2, -0.15) is 0 Å². The standard InChI is InChI=1S/C18H24N6OS/c1-26-16-6-3-2-5-15(16)22-18(25)21-9-10-23-11-13-24(14-12-23)17-19-7-4-8-20-17/h2-8H,9-14H2,1H3,(H2,21,22,25). The summed E-state index contributed by atoms with van der Waals surface area (Å²) in [5.41, 5.74) is 0.842. The van der Waals surface area contributed by atoms with Crippen LogP contribution in [0, 0.1) is 0 Å². The fourth-order valence-corrected chi connectivity index (χ4v) is 3.42. The van der Waals surface area contributed by atoms with Gasteiger partial charge in [-0.1, -0.05) is 12.1 Å². The van der Waals surface area contributed by atoms with Gasteiger partial charge in [0.25, 0.3) is 0 Å². The summed E-state index contributed by atoms with van der Waals surface area (Å²) in [5, 5.41) is 5.85. The largest absolute Gasteiger partial charge is 0.338 e. The van der Waals surface area contributed by atoms with Crippen molar-refractivity contribution < 1.29 is 4.79 Å². The van der Waals surface area contributed by atoms with E-state index in [0.29, 0.717) is 6.54 Å². The molecule has 1 aromatic carbocycles. The number of amides is 2. The molecule has 2 heterocycles. The van der Waals surface area contributed by atoms with Crippen molar-refractivity contribution in [2.24, 2.45) is 0 Å². The molecule has 2 N–H and O–H groups in total. The van der Waals surface area contributed by atoms with E-state index in [1.807, 2.05) is 36.6 Å². The molecule has 1 aliphatic rings. The number of piperazine rings is 1. The van der Waals surface area contributed by atoms with Gasteiger partial charge in [-0.05, 0) is 24.5 Å². The quantitative estimate of drug-likeness (QED) is 0.757. The molecule has 2 aromatic rings. The van der Waals surface area contributed by atoms with Crippen molar-refractivity contribution in [1.29, 1.82) is 0 Å². The number of thioether (sulfide) groups is 1. The highest BCUT2D eigenvalue weighted by atomic mass is 32.2. The molecule has 1 saturated heterocycles. The molecule has 0 bridgehead atoms. The Bertz CT molecular complexity index is 706. The second-order valence-corrected chi connectivity index (χ2v) is 6.81. The Hall–Kier alpha value is -2.32. The van der Waals surface area contributed by atoms with Gasteiger partial charge >= 0.3 is 6.03 Å². The molecular formula is C18H24N6OS. The number of nitrogens with zero attached hydrogens (tertiary/aromatic N) is 4. The average molecular weight is 372 g/mol. The van der Waals surface area contributed by atoms with E-state index in [9.17, 15) is 4.79 Å². The lowest BCUT2D eigenvalue weighted by Gasteiger charge is -2.34. The van der Waals surface area contributed by atoms with Gasteiger partial charge in [0.05, 0.1) is 5.69 Å². The Morgan fingerprint density at radius 3 is 2.58 bits per heavy atom. The number of para-hydroxylation sites is 1. The Kier molecular flexibility index (Phi) is 6.68. The highest BCUT2D eigenvalue weighted by Crippen LogP contribution is 2.24. The summed E-state index contributed by atoms with van der Waals surface area (Å²) in [7, 11) is 0. The molecule has 1 aromatic heterocycles. The normalized spacial score (nSPS) is 14.9. The van der Waals surface area contributed by atoms with Crippen LogP contribution in [0.5, 0.6) is 0 Å². The molecule has 0 unspecified atom stereocenters. The van der Waals surface area contributed by atoms with E-state index < -0.39 is 0 Å². The van der Waals surface area contributed by atoms with Crippen LogP contribution in [0.25, 0.3) is 0 Å². The van der Waals surface area contributed by atoms with Gasteiger partial charge in [0.2, 0.25) is 5.95 Å². The maximum atomic E-state index is 12.1. The molecule has 0 atom stereocenters. The highest BCUT2D eigenvalue weighted by Gasteiger charge is 2.18. The van der Waals surface area contributed by atoms with E-state index in [1.54, 1.807) is 24.2 Å². The second kappa shape index (κ2) is 9.40. The third-order valence-corrected chi connectivity index (χ3v) is 5.07. The first kappa shape index (κ1) is 18.5. The van der Waals surface area contributed by atoms with E-state index in [-0.39, 0.29) is 6.03 Å². The van der Waals surface area contributed by atoms with Crippen LogP contribution in [-0.2, 0) is 0 Å². The van der Waals surface area contributed by atoms with E-state index >= 15 is 0 Å². The van der Waals surface area contributed by atoms with Crippen LogP contribution < -0.4 is 15.5 Å². The summed E-state index contributed by atoms with van der Waals surface area (Å²) in [6.45, 7) is 5.14. The lowest BCUT2D eigenvalue weighted by Crippen LogP contribution is -2.49. The minimum Gasteiger partial charge on any atom is -0.338 e. The van der Waals surface area contributed by atoms with Crippen LogP contribution in [0.3, 0.4) is 0 Å². The van der Waals surface area contributed by atoms with Gasteiger partial charge in [0, 0.05) is 56.6 Å². The maximum Gasteiger partial charge on any atom is 0.319 e. The summed E-state index contributed by atoms with van der Waals surface area (Å²) in [4.78, 5) is 26.3. The molecule has 26 heavy (non-hydrogen) atoms. The van der Waals surface area contributed by atoms with Crippen LogP contribution in [-0.4, -0.2) is 66.4 Å². The van der Waals surface area contributed by atoms with Crippen molar-refractivity contribution in [2.75, 3.05) is 55.7 Å². The van der Waals surface area contributed by atoms with Crippen molar-refractivity contribution in [2.45, 2.75) is 4.90 Å². The number of carbonyl (C=O) groups is 1. The fraction of sp³-hybridized carbons (Fsp3) is 0.389. The van der Waals surface area contributed by atoms with E-state index in [2.05, 4.69) is 30.4 Å². The van der Waals surface area contributed by atoms with Gasteiger partial charge in [-0.25, -0.2) is 14.8 Å². The number of aromatic nitrogens is 2. The third-order valence-electron chi connectivity index (χ3n) is 4.28. The van der Waals surface area contributed by atoms with Crippen molar-refractivity contribution in [3.8, 4) is 0 Å². The lowest BCUT2D eigenvalue weighted by atomic mass is 10.3. The number of hydrogen-bond acceptors (Lipinski definition) is 6. The van der Waals surface area contributed by atoms with Crippen LogP contribution in [0.4, 0.5) is 16.4 Å². The van der Waals surface area contributed by atoms with Gasteiger partial charge in [-0.15, -0.1) is 11.8 Å². The summed E-state index contributed by atoms with van der Waals surface area (Å²) < 4.78 is 0. The summed E-state index contributed by atoms with van der Waals surface area (Å²) in [6, 6.07) is 9.46. The van der Waals surface area contributed by atoms with Crippen molar-refractivity contribution in [3.63, 3.8) is 0 Å². The van der Waals surface area contributed by atoms with Crippen LogP contribution in [0.15, 0.2) is 47.6 Å². The minimum atomic E-state index is -0.164. The van der Waals surface area contributed by atoms with Crippen molar-refractivity contribution in [3.05, 3.63) is 42.7 Å². The van der Waals surface area contributed by atoms with Gasteiger partial charge < -0.3 is 15.5 Å². The summed E-state index contributed by atoms with van der Waals surface area (Å²) in [6.07, 6.45) is 5.54. The smallest absolute Gasteiger partial charge is 0.319 e. The molecule has 0 saturated carbocycles.